The second kappa shape index (κ2) is 6.42. The fourth-order valence-electron chi connectivity index (χ4n) is 4.23. The van der Waals surface area contributed by atoms with E-state index >= 15 is 0 Å². The molecule has 2 fully saturated rings. The van der Waals surface area contributed by atoms with E-state index in [1.807, 2.05) is 0 Å². The van der Waals surface area contributed by atoms with Crippen LogP contribution < -0.4 is 0 Å². The Labute approximate surface area is 149 Å². The van der Waals surface area contributed by atoms with Crippen LogP contribution in [0.15, 0.2) is 24.8 Å². The zero-order chi connectivity index (χ0) is 18.4. The number of carbonyl (C=O) groups is 1. The van der Waals surface area contributed by atoms with Gasteiger partial charge in [0.25, 0.3) is 5.91 Å². The van der Waals surface area contributed by atoms with Crippen LogP contribution >= 0.6 is 0 Å². The lowest BCUT2D eigenvalue weighted by Crippen LogP contribution is -2.36. The fourth-order valence-corrected chi connectivity index (χ4v) is 4.23. The quantitative estimate of drug-likeness (QED) is 0.886. The van der Waals surface area contributed by atoms with Gasteiger partial charge in [0.05, 0.1) is 17.7 Å². The number of rotatable bonds is 2. The van der Waals surface area contributed by atoms with Gasteiger partial charge in [0, 0.05) is 13.1 Å². The molecular formula is C18H20F2N4O2. The third kappa shape index (κ3) is 2.78. The first-order valence-corrected chi connectivity index (χ1v) is 8.71. The van der Waals surface area contributed by atoms with Gasteiger partial charge in [0.2, 0.25) is 0 Å². The van der Waals surface area contributed by atoms with Crippen molar-refractivity contribution in [1.82, 2.24) is 19.7 Å². The van der Waals surface area contributed by atoms with Crippen molar-refractivity contribution in [3.8, 4) is 0 Å². The Morgan fingerprint density at radius 3 is 2.62 bits per heavy atom. The normalized spacial score (nSPS) is 28.2. The monoisotopic (exact) mass is 362 g/mol. The van der Waals surface area contributed by atoms with Gasteiger partial charge >= 0.3 is 0 Å². The van der Waals surface area contributed by atoms with Crippen LogP contribution in [0.25, 0.3) is 0 Å². The van der Waals surface area contributed by atoms with E-state index in [0.717, 1.165) is 0 Å². The standard InChI is InChI=1S/C18H20F2N4O2/c1-10-2-3-13(17(20)16(10)19)18(26)23-6-11-4-14(24-9-21-8-22-24)15(25)5-12(11)7-23/h2-3,8-9,11-12,14-15,25H,4-7H2,1H3/t11-,12+,14-,15-/m1/s1. The minimum atomic E-state index is -1.09. The lowest BCUT2D eigenvalue weighted by molar-refractivity contribution is 0.0304. The number of aromatic nitrogens is 3. The lowest BCUT2D eigenvalue weighted by atomic mass is 9.77. The van der Waals surface area contributed by atoms with Crippen LogP contribution in [0.4, 0.5) is 8.78 Å². The molecule has 4 atom stereocenters. The number of likely N-dealkylation sites (tertiary alicyclic amines) is 1. The molecule has 0 bridgehead atoms. The van der Waals surface area contributed by atoms with Crippen molar-refractivity contribution >= 4 is 5.91 Å². The molecule has 1 aromatic carbocycles. The molecule has 0 unspecified atom stereocenters. The topological polar surface area (TPSA) is 71.2 Å². The first-order valence-electron chi connectivity index (χ1n) is 8.71. The van der Waals surface area contributed by atoms with E-state index in [2.05, 4.69) is 10.1 Å². The van der Waals surface area contributed by atoms with Crippen LogP contribution in [0, 0.1) is 30.4 Å². The van der Waals surface area contributed by atoms with E-state index in [1.54, 1.807) is 15.9 Å². The van der Waals surface area contributed by atoms with Gasteiger partial charge in [-0.1, -0.05) is 6.07 Å². The fraction of sp³-hybridized carbons (Fsp3) is 0.500. The second-order valence-electron chi connectivity index (χ2n) is 7.27. The Morgan fingerprint density at radius 2 is 1.92 bits per heavy atom. The Hall–Kier alpha value is -2.35. The lowest BCUT2D eigenvalue weighted by Gasteiger charge is -2.34. The average Bonchev–Trinajstić information content (AvgIpc) is 3.27. The summed E-state index contributed by atoms with van der Waals surface area (Å²) >= 11 is 0. The van der Waals surface area contributed by atoms with Crippen molar-refractivity contribution < 1.29 is 18.7 Å². The van der Waals surface area contributed by atoms with Gasteiger partial charge in [0.1, 0.15) is 12.7 Å². The molecule has 0 radical (unpaired) electrons. The molecule has 1 N–H and O–H groups in total. The zero-order valence-corrected chi connectivity index (χ0v) is 14.3. The van der Waals surface area contributed by atoms with Gasteiger partial charge in [-0.25, -0.2) is 18.4 Å². The minimum Gasteiger partial charge on any atom is -0.391 e. The first kappa shape index (κ1) is 17.1. The molecular weight excluding hydrogens is 342 g/mol. The molecule has 8 heteroatoms. The highest BCUT2D eigenvalue weighted by molar-refractivity contribution is 5.94. The number of benzene rings is 1. The SMILES string of the molecule is Cc1ccc(C(=O)N2C[C@H]3C[C@@H](n4cncn4)[C@H](O)C[C@H]3C2)c(F)c1F. The highest BCUT2D eigenvalue weighted by atomic mass is 19.2. The Bertz CT molecular complexity index is 827. The Morgan fingerprint density at radius 1 is 1.19 bits per heavy atom. The Balaban J connectivity index is 1.52. The van der Waals surface area contributed by atoms with Crippen LogP contribution in [0.5, 0.6) is 0 Å². The summed E-state index contributed by atoms with van der Waals surface area (Å²) in [5.41, 5.74) is -0.0620. The van der Waals surface area contributed by atoms with Crippen LogP contribution in [0.3, 0.4) is 0 Å². The molecule has 26 heavy (non-hydrogen) atoms. The summed E-state index contributed by atoms with van der Waals surface area (Å²) < 4.78 is 29.6. The van der Waals surface area contributed by atoms with Gasteiger partial charge in [-0.3, -0.25) is 4.79 Å². The molecule has 1 saturated heterocycles. The smallest absolute Gasteiger partial charge is 0.256 e. The van der Waals surface area contributed by atoms with Crippen LogP contribution in [-0.2, 0) is 0 Å². The summed E-state index contributed by atoms with van der Waals surface area (Å²) in [7, 11) is 0. The van der Waals surface area contributed by atoms with Crippen molar-refractivity contribution in [1.29, 1.82) is 0 Å². The number of aliphatic hydroxyl groups excluding tert-OH is 1. The number of nitrogens with zero attached hydrogens (tertiary/aromatic N) is 4. The Kier molecular flexibility index (Phi) is 4.22. The molecule has 2 aromatic rings. The van der Waals surface area contributed by atoms with E-state index < -0.39 is 23.6 Å². The third-order valence-corrected chi connectivity index (χ3v) is 5.68. The van der Waals surface area contributed by atoms with Crippen LogP contribution in [0.1, 0.15) is 34.8 Å². The molecule has 0 spiro atoms. The summed E-state index contributed by atoms with van der Waals surface area (Å²) in [4.78, 5) is 18.2. The van der Waals surface area contributed by atoms with E-state index in [9.17, 15) is 18.7 Å². The summed E-state index contributed by atoms with van der Waals surface area (Å²) in [6, 6.07) is 2.58. The number of halogens is 2. The first-order chi connectivity index (χ1) is 12.5. The molecule has 1 amide bonds. The highest BCUT2D eigenvalue weighted by Crippen LogP contribution is 2.41. The zero-order valence-electron chi connectivity index (χ0n) is 14.3. The molecule has 1 aliphatic heterocycles. The van der Waals surface area contributed by atoms with Gasteiger partial charge in [-0.15, -0.1) is 0 Å². The molecule has 1 aromatic heterocycles. The van der Waals surface area contributed by atoms with Crippen molar-refractivity contribution in [3.63, 3.8) is 0 Å². The molecule has 1 aliphatic carbocycles. The van der Waals surface area contributed by atoms with Crippen LogP contribution in [0.2, 0.25) is 0 Å². The average molecular weight is 362 g/mol. The maximum Gasteiger partial charge on any atom is 0.256 e. The molecule has 2 heterocycles. The van der Waals surface area contributed by atoms with Crippen molar-refractivity contribution in [2.45, 2.75) is 31.9 Å². The minimum absolute atomic E-state index is 0.145. The molecule has 2 aliphatic rings. The van der Waals surface area contributed by atoms with E-state index in [1.165, 1.54) is 25.4 Å². The molecule has 6 nitrogen and oxygen atoms in total. The maximum absolute atomic E-state index is 14.2. The summed E-state index contributed by atoms with van der Waals surface area (Å²) in [5, 5.41) is 14.5. The predicted octanol–water partition coefficient (Wildman–Crippen LogP) is 1.95. The van der Waals surface area contributed by atoms with Gasteiger partial charge in [-0.05, 0) is 43.2 Å². The van der Waals surface area contributed by atoms with Crippen molar-refractivity contribution in [3.05, 3.63) is 47.5 Å². The van der Waals surface area contributed by atoms with E-state index in [-0.39, 0.29) is 29.0 Å². The predicted molar refractivity (Wildman–Crippen MR) is 88.3 cm³/mol. The number of carbonyl (C=O) groups excluding carboxylic acids is 1. The molecule has 138 valence electrons. The van der Waals surface area contributed by atoms with Gasteiger partial charge < -0.3 is 10.0 Å². The number of amides is 1. The number of hydrogen-bond donors (Lipinski definition) is 1. The van der Waals surface area contributed by atoms with Crippen molar-refractivity contribution in [2.24, 2.45) is 11.8 Å². The summed E-state index contributed by atoms with van der Waals surface area (Å²) in [6.45, 7) is 2.37. The summed E-state index contributed by atoms with van der Waals surface area (Å²) in [5.74, 6) is -2.23. The number of aliphatic hydroxyl groups is 1. The van der Waals surface area contributed by atoms with Gasteiger partial charge in [-0.2, -0.15) is 5.10 Å². The number of aryl methyl sites for hydroxylation is 1. The highest BCUT2D eigenvalue weighted by Gasteiger charge is 2.44. The van der Waals surface area contributed by atoms with E-state index in [4.69, 9.17) is 0 Å². The van der Waals surface area contributed by atoms with Gasteiger partial charge in [0.15, 0.2) is 11.6 Å². The van der Waals surface area contributed by atoms with E-state index in [0.29, 0.717) is 25.9 Å². The number of fused-ring (bicyclic) bond motifs is 1. The third-order valence-electron chi connectivity index (χ3n) is 5.68. The largest absolute Gasteiger partial charge is 0.391 e. The van der Waals surface area contributed by atoms with Crippen LogP contribution in [-0.4, -0.2) is 49.9 Å². The molecule has 1 saturated carbocycles. The molecule has 4 rings (SSSR count). The second-order valence-corrected chi connectivity index (χ2v) is 7.27. The van der Waals surface area contributed by atoms with Crippen molar-refractivity contribution in [2.75, 3.05) is 13.1 Å². The number of hydrogen-bond acceptors (Lipinski definition) is 4. The summed E-state index contributed by atoms with van der Waals surface area (Å²) in [6.07, 6.45) is 3.66. The maximum atomic E-state index is 14.2.